The first-order chi connectivity index (χ1) is 11.2. The molecule has 4 nitrogen and oxygen atoms in total. The Bertz CT molecular complexity index is 952. The first-order valence-corrected chi connectivity index (χ1v) is 8.63. The van der Waals surface area contributed by atoms with E-state index in [9.17, 15) is 31.8 Å². The molecule has 0 radical (unpaired) electrons. The SMILES string of the molecule is O=S1(=O)c2ccccc2C2(O)C1[C@H]2C(O)c1cc(F)c(F)c(F)c1. The minimum atomic E-state index is -3.87. The van der Waals surface area contributed by atoms with Crippen molar-refractivity contribution >= 4 is 9.84 Å². The first-order valence-electron chi connectivity index (χ1n) is 7.09. The van der Waals surface area contributed by atoms with Crippen LogP contribution in [0, 0.1) is 23.4 Å². The number of fused-ring (bicyclic) bond motifs is 3. The van der Waals surface area contributed by atoms with Crippen LogP contribution < -0.4 is 0 Å². The Morgan fingerprint density at radius 1 is 1.08 bits per heavy atom. The number of sulfone groups is 1. The Balaban J connectivity index is 1.79. The highest BCUT2D eigenvalue weighted by atomic mass is 32.2. The standard InChI is InChI=1S/C16H11F3O4S/c17-9-5-7(6-10(18)13(9)19)14(20)12-15-16(12,21)8-3-1-2-4-11(8)24(15,22)23/h1-6,12,14-15,20-21H/t12-,14?,15?,16?/m1/s1. The van der Waals surface area contributed by atoms with Gasteiger partial charge in [0, 0.05) is 11.5 Å². The molecule has 1 heterocycles. The van der Waals surface area contributed by atoms with Crippen molar-refractivity contribution in [3.8, 4) is 0 Å². The monoisotopic (exact) mass is 356 g/mol. The minimum Gasteiger partial charge on any atom is -0.388 e. The van der Waals surface area contributed by atoms with Crippen LogP contribution in [-0.4, -0.2) is 23.9 Å². The van der Waals surface area contributed by atoms with Crippen LogP contribution >= 0.6 is 0 Å². The Labute approximate surface area is 135 Å². The molecule has 0 spiro atoms. The molecular weight excluding hydrogens is 345 g/mol. The van der Waals surface area contributed by atoms with Gasteiger partial charge in [-0.1, -0.05) is 18.2 Å². The number of aliphatic hydroxyl groups is 2. The molecule has 4 atom stereocenters. The third-order valence-electron chi connectivity index (χ3n) is 4.81. The van der Waals surface area contributed by atoms with Crippen LogP contribution in [0.4, 0.5) is 13.2 Å². The quantitative estimate of drug-likeness (QED) is 0.805. The molecule has 3 unspecified atom stereocenters. The van der Waals surface area contributed by atoms with Crippen molar-refractivity contribution in [2.75, 3.05) is 0 Å². The van der Waals surface area contributed by atoms with E-state index in [1.807, 2.05) is 0 Å². The summed E-state index contributed by atoms with van der Waals surface area (Å²) >= 11 is 0. The van der Waals surface area contributed by atoms with E-state index in [4.69, 9.17) is 0 Å². The molecule has 2 aliphatic rings. The molecule has 0 saturated heterocycles. The number of hydrogen-bond acceptors (Lipinski definition) is 4. The number of benzene rings is 2. The minimum absolute atomic E-state index is 0.0163. The van der Waals surface area contributed by atoms with Gasteiger partial charge in [0.1, 0.15) is 10.9 Å². The van der Waals surface area contributed by atoms with Crippen molar-refractivity contribution in [2.45, 2.75) is 21.9 Å². The molecule has 0 amide bonds. The van der Waals surface area contributed by atoms with Gasteiger partial charge in [-0.3, -0.25) is 0 Å². The van der Waals surface area contributed by atoms with Crippen LogP contribution in [0.1, 0.15) is 17.2 Å². The zero-order valence-corrected chi connectivity index (χ0v) is 12.8. The smallest absolute Gasteiger partial charge is 0.194 e. The summed E-state index contributed by atoms with van der Waals surface area (Å²) in [6.07, 6.45) is -1.66. The molecule has 8 heteroatoms. The fraction of sp³-hybridized carbons (Fsp3) is 0.250. The summed E-state index contributed by atoms with van der Waals surface area (Å²) in [4.78, 5) is -0.0163. The van der Waals surface area contributed by atoms with Crippen LogP contribution in [0.5, 0.6) is 0 Å². The summed E-state index contributed by atoms with van der Waals surface area (Å²) in [5.74, 6) is -5.85. The van der Waals surface area contributed by atoms with Gasteiger partial charge in [0.25, 0.3) is 0 Å². The predicted molar refractivity (Wildman–Crippen MR) is 76.1 cm³/mol. The van der Waals surface area contributed by atoms with Gasteiger partial charge in [-0.25, -0.2) is 21.6 Å². The highest BCUT2D eigenvalue weighted by Crippen LogP contribution is 2.67. The van der Waals surface area contributed by atoms with Crippen LogP contribution in [-0.2, 0) is 15.4 Å². The molecule has 2 N–H and O–H groups in total. The first kappa shape index (κ1) is 15.6. The van der Waals surface area contributed by atoms with E-state index in [-0.39, 0.29) is 16.0 Å². The van der Waals surface area contributed by atoms with Gasteiger partial charge in [0.05, 0.1) is 11.0 Å². The average Bonchev–Trinajstić information content (AvgIpc) is 3.14. The van der Waals surface area contributed by atoms with E-state index in [0.29, 0.717) is 12.1 Å². The van der Waals surface area contributed by atoms with Gasteiger partial charge in [0.15, 0.2) is 27.3 Å². The number of rotatable bonds is 2. The van der Waals surface area contributed by atoms with Crippen LogP contribution in [0.2, 0.25) is 0 Å². The van der Waals surface area contributed by atoms with E-state index in [1.54, 1.807) is 6.07 Å². The second kappa shape index (κ2) is 4.59. The maximum Gasteiger partial charge on any atom is 0.194 e. The molecule has 0 bridgehead atoms. The van der Waals surface area contributed by atoms with Gasteiger partial charge < -0.3 is 10.2 Å². The van der Waals surface area contributed by atoms with Crippen molar-refractivity contribution in [2.24, 2.45) is 5.92 Å². The molecule has 1 aliphatic carbocycles. The summed E-state index contributed by atoms with van der Waals surface area (Å²) in [5.41, 5.74) is -2.00. The van der Waals surface area contributed by atoms with Crippen LogP contribution in [0.25, 0.3) is 0 Å². The highest BCUT2D eigenvalue weighted by molar-refractivity contribution is 7.92. The summed E-state index contributed by atoms with van der Waals surface area (Å²) in [7, 11) is -3.87. The molecule has 2 aromatic rings. The Morgan fingerprint density at radius 2 is 1.67 bits per heavy atom. The zero-order valence-electron chi connectivity index (χ0n) is 11.9. The second-order valence-corrected chi connectivity index (χ2v) is 8.09. The lowest BCUT2D eigenvalue weighted by molar-refractivity contribution is 0.0680. The van der Waals surface area contributed by atoms with E-state index < -0.39 is 50.2 Å². The van der Waals surface area contributed by atoms with Crippen molar-refractivity contribution in [3.63, 3.8) is 0 Å². The van der Waals surface area contributed by atoms with Crippen molar-refractivity contribution < 1.29 is 31.8 Å². The van der Waals surface area contributed by atoms with Gasteiger partial charge in [0.2, 0.25) is 0 Å². The van der Waals surface area contributed by atoms with E-state index >= 15 is 0 Å². The normalized spacial score (nSPS) is 30.5. The third kappa shape index (κ3) is 1.73. The predicted octanol–water partition coefficient (Wildman–Crippen LogP) is 1.81. The Kier molecular flexibility index (Phi) is 2.99. The molecule has 126 valence electrons. The molecule has 1 saturated carbocycles. The maximum atomic E-state index is 13.4. The summed E-state index contributed by atoms with van der Waals surface area (Å²) in [6, 6.07) is 7.05. The van der Waals surface area contributed by atoms with E-state index in [1.165, 1.54) is 18.2 Å². The topological polar surface area (TPSA) is 74.6 Å². The number of halogens is 3. The largest absolute Gasteiger partial charge is 0.388 e. The van der Waals surface area contributed by atoms with E-state index in [2.05, 4.69) is 0 Å². The van der Waals surface area contributed by atoms with Crippen molar-refractivity contribution in [1.29, 1.82) is 0 Å². The Morgan fingerprint density at radius 3 is 2.29 bits per heavy atom. The molecule has 1 aliphatic heterocycles. The van der Waals surface area contributed by atoms with E-state index in [0.717, 1.165) is 0 Å². The molecule has 0 aromatic heterocycles. The van der Waals surface area contributed by atoms with Crippen LogP contribution in [0.15, 0.2) is 41.3 Å². The summed E-state index contributed by atoms with van der Waals surface area (Å²) in [6.45, 7) is 0. The summed E-state index contributed by atoms with van der Waals surface area (Å²) in [5, 5.41) is 19.8. The molecule has 24 heavy (non-hydrogen) atoms. The van der Waals surface area contributed by atoms with Gasteiger partial charge in [-0.15, -0.1) is 0 Å². The fourth-order valence-electron chi connectivity index (χ4n) is 3.67. The number of aliphatic hydroxyl groups excluding tert-OH is 1. The lowest BCUT2D eigenvalue weighted by atomic mass is 9.98. The molecule has 2 aromatic carbocycles. The maximum absolute atomic E-state index is 13.4. The lowest BCUT2D eigenvalue weighted by Crippen LogP contribution is -2.16. The van der Waals surface area contributed by atoms with Gasteiger partial charge in [-0.2, -0.15) is 0 Å². The van der Waals surface area contributed by atoms with Gasteiger partial charge in [-0.05, 0) is 23.8 Å². The fourth-order valence-corrected chi connectivity index (χ4v) is 6.17. The molecular formula is C16H11F3O4S. The second-order valence-electron chi connectivity index (χ2n) is 6.06. The molecule has 4 rings (SSSR count). The highest BCUT2D eigenvalue weighted by Gasteiger charge is 2.78. The lowest BCUT2D eigenvalue weighted by Gasteiger charge is -2.17. The third-order valence-corrected chi connectivity index (χ3v) is 7.10. The zero-order chi connectivity index (χ0) is 17.4. The van der Waals surface area contributed by atoms with Gasteiger partial charge >= 0.3 is 0 Å². The molecule has 1 fully saturated rings. The summed E-state index contributed by atoms with van der Waals surface area (Å²) < 4.78 is 64.7. The van der Waals surface area contributed by atoms with Crippen LogP contribution in [0.3, 0.4) is 0 Å². The van der Waals surface area contributed by atoms with Crippen molar-refractivity contribution in [3.05, 3.63) is 65.0 Å². The number of hydrogen-bond donors (Lipinski definition) is 2. The Hall–Kier alpha value is -1.90. The average molecular weight is 356 g/mol. The van der Waals surface area contributed by atoms with Crippen molar-refractivity contribution in [1.82, 2.24) is 0 Å².